The number of aliphatic hydroxyl groups excluding tert-OH is 2. The molecule has 4 N–H and O–H groups in total. The predicted octanol–water partition coefficient (Wildman–Crippen LogP) is -1.40. The van der Waals surface area contributed by atoms with Crippen molar-refractivity contribution in [2.24, 2.45) is 0 Å². The Morgan fingerprint density at radius 1 is 1.21 bits per heavy atom. The molecule has 2 aromatic rings. The van der Waals surface area contributed by atoms with E-state index in [4.69, 9.17) is 14.0 Å². The van der Waals surface area contributed by atoms with Crippen LogP contribution in [0.2, 0.25) is 0 Å². The number of nitrogens with zero attached hydrogens (tertiary/aromatic N) is 5. The summed E-state index contributed by atoms with van der Waals surface area (Å²) in [5.41, 5.74) is 0.311. The lowest BCUT2D eigenvalue weighted by molar-refractivity contribution is -0.0507. The molecule has 2 aliphatic rings. The molecule has 2 aromatic heterocycles. The van der Waals surface area contributed by atoms with Gasteiger partial charge < -0.3 is 29.7 Å². The Kier molecular flexibility index (Phi) is 5.33. The van der Waals surface area contributed by atoms with Crippen molar-refractivity contribution in [1.82, 2.24) is 24.2 Å². The van der Waals surface area contributed by atoms with Gasteiger partial charge in [-0.05, 0) is 0 Å². The molecule has 0 aliphatic carbocycles. The number of fused-ring (bicyclic) bond motifs is 1. The van der Waals surface area contributed by atoms with E-state index in [0.717, 1.165) is 6.33 Å². The van der Waals surface area contributed by atoms with Gasteiger partial charge >= 0.3 is 7.75 Å². The zero-order valence-electron chi connectivity index (χ0n) is 14.6. The van der Waals surface area contributed by atoms with Crippen molar-refractivity contribution in [3.63, 3.8) is 0 Å². The van der Waals surface area contributed by atoms with Crippen LogP contribution < -0.4 is 0 Å². The van der Waals surface area contributed by atoms with Gasteiger partial charge in [0.15, 0.2) is 17.4 Å². The maximum Gasteiger partial charge on any atom is 0.405 e. The molecular formula is C14H20N5O8P. The minimum Gasteiger partial charge on any atom is -0.492 e. The lowest BCUT2D eigenvalue weighted by Crippen LogP contribution is -2.36. The summed E-state index contributed by atoms with van der Waals surface area (Å²) < 4.78 is 30.9. The van der Waals surface area contributed by atoms with Crippen molar-refractivity contribution < 1.29 is 38.8 Å². The average molecular weight is 417 g/mol. The molecule has 13 nitrogen and oxygen atoms in total. The van der Waals surface area contributed by atoms with Crippen LogP contribution in [0.25, 0.3) is 11.2 Å². The molecule has 28 heavy (non-hydrogen) atoms. The Morgan fingerprint density at radius 3 is 2.71 bits per heavy atom. The molecule has 2 aliphatic heterocycles. The first kappa shape index (κ1) is 19.6. The van der Waals surface area contributed by atoms with E-state index in [0.29, 0.717) is 13.2 Å². The lowest BCUT2D eigenvalue weighted by Gasteiger charge is -2.30. The summed E-state index contributed by atoms with van der Waals surface area (Å²) in [4.78, 5) is 21.7. The average Bonchev–Trinajstić information content (AvgIpc) is 3.24. The van der Waals surface area contributed by atoms with Gasteiger partial charge in [0.05, 0.1) is 26.1 Å². The Bertz CT molecular complexity index is 890. The van der Waals surface area contributed by atoms with Gasteiger partial charge in [0, 0.05) is 13.1 Å². The fourth-order valence-corrected chi connectivity index (χ4v) is 4.35. The van der Waals surface area contributed by atoms with Crippen LogP contribution in [0.5, 0.6) is 5.88 Å². The highest BCUT2D eigenvalue weighted by Gasteiger charge is 2.45. The summed E-state index contributed by atoms with van der Waals surface area (Å²) in [6, 6.07) is 0. The monoisotopic (exact) mass is 417 g/mol. The van der Waals surface area contributed by atoms with Crippen LogP contribution >= 0.6 is 7.75 Å². The fraction of sp³-hybridized carbons (Fsp3) is 0.643. The van der Waals surface area contributed by atoms with Crippen LogP contribution in [0.1, 0.15) is 6.23 Å². The van der Waals surface area contributed by atoms with E-state index in [1.807, 2.05) is 0 Å². The van der Waals surface area contributed by atoms with Gasteiger partial charge in [-0.15, -0.1) is 0 Å². The van der Waals surface area contributed by atoms with E-state index in [1.54, 1.807) is 0 Å². The molecule has 0 radical (unpaired) electrons. The number of aromatic nitrogens is 4. The molecule has 0 spiro atoms. The Hall–Kier alpha value is -1.70. The van der Waals surface area contributed by atoms with Crippen molar-refractivity contribution in [2.45, 2.75) is 24.5 Å². The van der Waals surface area contributed by atoms with E-state index in [1.165, 1.54) is 15.6 Å². The molecule has 5 atom stereocenters. The second-order valence-corrected chi connectivity index (χ2v) is 8.23. The van der Waals surface area contributed by atoms with Crippen LogP contribution in [0, 0.1) is 0 Å². The third-order valence-corrected chi connectivity index (χ3v) is 6.30. The van der Waals surface area contributed by atoms with Crippen LogP contribution in [0.3, 0.4) is 0 Å². The Morgan fingerprint density at radius 2 is 1.96 bits per heavy atom. The highest BCUT2D eigenvalue weighted by Crippen LogP contribution is 2.47. The lowest BCUT2D eigenvalue weighted by atomic mass is 10.1. The maximum absolute atomic E-state index is 12.4. The molecule has 0 bridgehead atoms. The van der Waals surface area contributed by atoms with Gasteiger partial charge in [0.2, 0.25) is 5.88 Å². The third-order valence-electron chi connectivity index (χ3n) is 4.70. The SMILES string of the molecule is O=P(O)(OC[C@H]1O[C@@H](n2cnc3c(O)ncnc32)[C@@H](O)C1O)N1CCOCC1. The smallest absolute Gasteiger partial charge is 0.405 e. The first-order chi connectivity index (χ1) is 13.4. The first-order valence-corrected chi connectivity index (χ1v) is 10.1. The molecule has 2 saturated heterocycles. The number of aliphatic hydroxyl groups is 2. The number of aromatic hydroxyl groups is 1. The molecule has 0 saturated carbocycles. The van der Waals surface area contributed by atoms with Crippen molar-refractivity contribution in [3.05, 3.63) is 12.7 Å². The molecular weight excluding hydrogens is 397 g/mol. The zero-order valence-corrected chi connectivity index (χ0v) is 15.5. The number of hydrogen-bond donors (Lipinski definition) is 4. The number of imidazole rings is 1. The predicted molar refractivity (Wildman–Crippen MR) is 91.1 cm³/mol. The van der Waals surface area contributed by atoms with Gasteiger partial charge in [0.25, 0.3) is 0 Å². The number of rotatable bonds is 5. The quantitative estimate of drug-likeness (QED) is 0.420. The fourth-order valence-electron chi connectivity index (χ4n) is 3.18. The minimum atomic E-state index is -4.08. The topological polar surface area (TPSA) is 173 Å². The summed E-state index contributed by atoms with van der Waals surface area (Å²) in [6.45, 7) is 0.723. The summed E-state index contributed by atoms with van der Waals surface area (Å²) >= 11 is 0. The molecule has 14 heteroatoms. The van der Waals surface area contributed by atoms with E-state index in [2.05, 4.69) is 15.0 Å². The highest BCUT2D eigenvalue weighted by molar-refractivity contribution is 7.50. The Labute approximate surface area is 158 Å². The summed E-state index contributed by atoms with van der Waals surface area (Å²) in [5.74, 6) is -0.330. The van der Waals surface area contributed by atoms with E-state index < -0.39 is 38.9 Å². The van der Waals surface area contributed by atoms with Crippen LogP contribution in [0.4, 0.5) is 0 Å². The second-order valence-electron chi connectivity index (χ2n) is 6.42. The number of morpholine rings is 1. The van der Waals surface area contributed by atoms with Gasteiger partial charge in [-0.3, -0.25) is 9.09 Å². The van der Waals surface area contributed by atoms with Crippen molar-refractivity contribution in [3.8, 4) is 5.88 Å². The summed E-state index contributed by atoms with van der Waals surface area (Å²) in [5, 5.41) is 30.4. The molecule has 4 rings (SSSR count). The number of hydrogen-bond acceptors (Lipinski definition) is 10. The normalized spacial score (nSPS) is 31.2. The van der Waals surface area contributed by atoms with Crippen LogP contribution in [0.15, 0.2) is 12.7 Å². The van der Waals surface area contributed by atoms with E-state index in [-0.39, 0.29) is 30.1 Å². The van der Waals surface area contributed by atoms with Crippen LogP contribution in [-0.2, 0) is 18.6 Å². The number of ether oxygens (including phenoxy) is 2. The highest BCUT2D eigenvalue weighted by atomic mass is 31.2. The van der Waals surface area contributed by atoms with Crippen LogP contribution in [-0.4, -0.2) is 95.6 Å². The van der Waals surface area contributed by atoms with Gasteiger partial charge in [-0.1, -0.05) is 0 Å². The van der Waals surface area contributed by atoms with Gasteiger partial charge in [-0.25, -0.2) is 19.2 Å². The molecule has 0 amide bonds. The molecule has 154 valence electrons. The largest absolute Gasteiger partial charge is 0.492 e. The van der Waals surface area contributed by atoms with Gasteiger partial charge in [-0.2, -0.15) is 4.98 Å². The van der Waals surface area contributed by atoms with Crippen molar-refractivity contribution in [1.29, 1.82) is 0 Å². The maximum atomic E-state index is 12.4. The summed E-state index contributed by atoms with van der Waals surface area (Å²) in [6.07, 6.45) is -2.47. The molecule has 2 fully saturated rings. The summed E-state index contributed by atoms with van der Waals surface area (Å²) in [7, 11) is -4.08. The second kappa shape index (κ2) is 7.61. The minimum absolute atomic E-state index is 0.111. The van der Waals surface area contributed by atoms with Crippen molar-refractivity contribution >= 4 is 18.9 Å². The third kappa shape index (κ3) is 3.51. The molecule has 0 aromatic carbocycles. The Balaban J connectivity index is 1.47. The van der Waals surface area contributed by atoms with Crippen molar-refractivity contribution in [2.75, 3.05) is 32.9 Å². The zero-order chi connectivity index (χ0) is 19.9. The molecule has 4 heterocycles. The molecule has 2 unspecified atom stereocenters. The van der Waals surface area contributed by atoms with E-state index in [9.17, 15) is 24.8 Å². The standard InChI is InChI=1S/C14H20N5O8P/c20-10-8(5-26-28(23,24)18-1-3-25-4-2-18)27-14(11(10)21)19-7-17-9-12(19)15-6-16-13(9)22/h6-8,10-11,14,20-21H,1-5H2,(H,23,24)(H,15,16,22)/t8-,10?,11+,14-/m1/s1. The first-order valence-electron chi connectivity index (χ1n) is 8.57. The van der Waals surface area contributed by atoms with E-state index >= 15 is 0 Å². The van der Waals surface area contributed by atoms with Gasteiger partial charge in [0.1, 0.15) is 24.6 Å².